The van der Waals surface area contributed by atoms with Gasteiger partial charge in [0.15, 0.2) is 5.82 Å². The van der Waals surface area contributed by atoms with Crippen LogP contribution >= 0.6 is 0 Å². The molecule has 0 saturated heterocycles. The maximum atomic E-state index is 12.1. The van der Waals surface area contributed by atoms with Gasteiger partial charge in [-0.1, -0.05) is 30.3 Å². The molecule has 0 spiro atoms. The first-order valence-corrected chi connectivity index (χ1v) is 10.5. The van der Waals surface area contributed by atoms with E-state index in [0.717, 1.165) is 17.0 Å². The van der Waals surface area contributed by atoms with Crippen LogP contribution in [0, 0.1) is 20.8 Å². The smallest absolute Gasteiger partial charge is 0.250 e. The fraction of sp³-hybridized carbons (Fsp3) is 0.200. The van der Waals surface area contributed by atoms with Gasteiger partial charge in [-0.15, -0.1) is 0 Å². The van der Waals surface area contributed by atoms with Crippen molar-refractivity contribution in [1.29, 1.82) is 0 Å². The summed E-state index contributed by atoms with van der Waals surface area (Å²) in [5.41, 5.74) is 3.56. The standard InChI is InChI=1S/C25H25N5O3/c1-17-13-18(2)30(29-17)23-14-25(27-19(3)26-23)33-22-11-9-21(10-12-22)28-24(31)16-32-15-20-7-5-4-6-8-20/h4-14H,15-16H2,1-3H3,(H,28,31). The maximum Gasteiger partial charge on any atom is 0.250 e. The van der Waals surface area contributed by atoms with Crippen molar-refractivity contribution in [2.45, 2.75) is 27.4 Å². The van der Waals surface area contributed by atoms with Crippen molar-refractivity contribution in [3.05, 3.63) is 89.5 Å². The Kier molecular flexibility index (Phi) is 6.75. The Balaban J connectivity index is 1.35. The zero-order valence-corrected chi connectivity index (χ0v) is 18.8. The molecule has 0 aliphatic rings. The SMILES string of the molecule is Cc1cc(C)n(-c2cc(Oc3ccc(NC(=O)COCc4ccccc4)cc3)nc(C)n2)n1. The summed E-state index contributed by atoms with van der Waals surface area (Å²) in [6.45, 7) is 6.07. The zero-order chi connectivity index (χ0) is 23.2. The average Bonchev–Trinajstić information content (AvgIpc) is 3.13. The Bertz CT molecular complexity index is 1240. The minimum atomic E-state index is -0.222. The topological polar surface area (TPSA) is 91.2 Å². The lowest BCUT2D eigenvalue weighted by atomic mass is 10.2. The second-order valence-electron chi connectivity index (χ2n) is 7.60. The molecule has 0 radical (unpaired) electrons. The summed E-state index contributed by atoms with van der Waals surface area (Å²) in [5.74, 6) is 2.00. The highest BCUT2D eigenvalue weighted by Gasteiger charge is 2.10. The van der Waals surface area contributed by atoms with Gasteiger partial charge in [0.05, 0.1) is 12.3 Å². The number of nitrogens with one attached hydrogen (secondary N) is 1. The van der Waals surface area contributed by atoms with Crippen LogP contribution in [0.4, 0.5) is 5.69 Å². The van der Waals surface area contributed by atoms with E-state index in [1.807, 2.05) is 50.2 Å². The lowest BCUT2D eigenvalue weighted by Gasteiger charge is -2.10. The van der Waals surface area contributed by atoms with Crippen LogP contribution in [-0.4, -0.2) is 32.3 Å². The normalized spacial score (nSPS) is 10.8. The summed E-state index contributed by atoms with van der Waals surface area (Å²) in [6, 6.07) is 20.5. The van der Waals surface area contributed by atoms with E-state index in [4.69, 9.17) is 9.47 Å². The number of hydrogen-bond donors (Lipinski definition) is 1. The third-order valence-electron chi connectivity index (χ3n) is 4.73. The summed E-state index contributed by atoms with van der Waals surface area (Å²) in [7, 11) is 0. The molecule has 0 bridgehead atoms. The van der Waals surface area contributed by atoms with Crippen molar-refractivity contribution >= 4 is 11.6 Å². The molecule has 0 aliphatic heterocycles. The van der Waals surface area contributed by atoms with Gasteiger partial charge in [-0.25, -0.2) is 9.67 Å². The molecular formula is C25H25N5O3. The fourth-order valence-corrected chi connectivity index (χ4v) is 3.31. The molecule has 0 unspecified atom stereocenters. The molecule has 8 heteroatoms. The van der Waals surface area contributed by atoms with Gasteiger partial charge in [0.1, 0.15) is 18.2 Å². The van der Waals surface area contributed by atoms with Crippen molar-refractivity contribution in [3.8, 4) is 17.4 Å². The lowest BCUT2D eigenvalue weighted by Crippen LogP contribution is -2.18. The van der Waals surface area contributed by atoms with Crippen LogP contribution in [0.15, 0.2) is 66.7 Å². The second-order valence-corrected chi connectivity index (χ2v) is 7.60. The van der Waals surface area contributed by atoms with Crippen LogP contribution < -0.4 is 10.1 Å². The Morgan fingerprint density at radius 3 is 2.42 bits per heavy atom. The largest absolute Gasteiger partial charge is 0.439 e. The number of amides is 1. The number of aromatic nitrogens is 4. The third kappa shape index (κ3) is 6.02. The summed E-state index contributed by atoms with van der Waals surface area (Å²) >= 11 is 0. The molecule has 2 aromatic carbocycles. The number of benzene rings is 2. The third-order valence-corrected chi connectivity index (χ3v) is 4.73. The predicted molar refractivity (Wildman–Crippen MR) is 125 cm³/mol. The summed E-state index contributed by atoms with van der Waals surface area (Å²) in [6.07, 6.45) is 0. The highest BCUT2D eigenvalue weighted by atomic mass is 16.5. The van der Waals surface area contributed by atoms with Gasteiger partial charge in [-0.2, -0.15) is 10.1 Å². The van der Waals surface area contributed by atoms with E-state index in [9.17, 15) is 4.79 Å². The molecule has 33 heavy (non-hydrogen) atoms. The molecule has 0 saturated carbocycles. The molecule has 8 nitrogen and oxygen atoms in total. The van der Waals surface area contributed by atoms with Crippen molar-refractivity contribution in [2.24, 2.45) is 0 Å². The van der Waals surface area contributed by atoms with Crippen LogP contribution in [0.2, 0.25) is 0 Å². The summed E-state index contributed by atoms with van der Waals surface area (Å²) < 4.78 is 13.1. The number of carbonyl (C=O) groups is 1. The molecular weight excluding hydrogens is 418 g/mol. The van der Waals surface area contributed by atoms with Gasteiger partial charge in [0, 0.05) is 17.4 Å². The number of anilines is 1. The predicted octanol–water partition coefficient (Wildman–Crippen LogP) is 4.54. The van der Waals surface area contributed by atoms with Crippen LogP contribution in [0.1, 0.15) is 22.8 Å². The Labute approximate surface area is 192 Å². The fourth-order valence-electron chi connectivity index (χ4n) is 3.31. The highest BCUT2D eigenvalue weighted by molar-refractivity contribution is 5.91. The summed E-state index contributed by atoms with van der Waals surface area (Å²) in [5, 5.41) is 7.28. The number of hydrogen-bond acceptors (Lipinski definition) is 6. The monoisotopic (exact) mass is 443 g/mol. The van der Waals surface area contributed by atoms with Crippen LogP contribution in [-0.2, 0) is 16.1 Å². The Morgan fingerprint density at radius 1 is 0.970 bits per heavy atom. The first kappa shape index (κ1) is 22.2. The van der Waals surface area contributed by atoms with Gasteiger partial charge in [-0.3, -0.25) is 4.79 Å². The van der Waals surface area contributed by atoms with E-state index < -0.39 is 0 Å². The maximum absolute atomic E-state index is 12.1. The molecule has 1 N–H and O–H groups in total. The van der Waals surface area contributed by atoms with Crippen LogP contribution in [0.5, 0.6) is 11.6 Å². The van der Waals surface area contributed by atoms with E-state index in [2.05, 4.69) is 20.4 Å². The van der Waals surface area contributed by atoms with E-state index in [-0.39, 0.29) is 12.5 Å². The number of nitrogens with zero attached hydrogens (tertiary/aromatic N) is 4. The van der Waals surface area contributed by atoms with Gasteiger partial charge < -0.3 is 14.8 Å². The number of carbonyl (C=O) groups excluding carboxylic acids is 1. The van der Waals surface area contributed by atoms with Gasteiger partial charge in [0.2, 0.25) is 11.8 Å². The lowest BCUT2D eigenvalue weighted by molar-refractivity contribution is -0.121. The molecule has 168 valence electrons. The van der Waals surface area contributed by atoms with Crippen LogP contribution in [0.3, 0.4) is 0 Å². The number of ether oxygens (including phenoxy) is 2. The molecule has 2 heterocycles. The highest BCUT2D eigenvalue weighted by Crippen LogP contribution is 2.23. The van der Waals surface area contributed by atoms with Gasteiger partial charge >= 0.3 is 0 Å². The Morgan fingerprint density at radius 2 is 1.73 bits per heavy atom. The molecule has 0 aliphatic carbocycles. The molecule has 0 atom stereocenters. The van der Waals surface area contributed by atoms with Crippen molar-refractivity contribution in [3.63, 3.8) is 0 Å². The molecule has 1 amide bonds. The van der Waals surface area contributed by atoms with Gasteiger partial charge in [-0.05, 0) is 56.7 Å². The number of rotatable bonds is 8. The summed E-state index contributed by atoms with van der Waals surface area (Å²) in [4.78, 5) is 20.9. The minimum absolute atomic E-state index is 0.0253. The second kappa shape index (κ2) is 10.1. The quantitative estimate of drug-likeness (QED) is 0.430. The molecule has 0 fully saturated rings. The average molecular weight is 444 g/mol. The van der Waals surface area contributed by atoms with Crippen molar-refractivity contribution in [1.82, 2.24) is 19.7 Å². The zero-order valence-electron chi connectivity index (χ0n) is 18.8. The molecule has 2 aromatic heterocycles. The van der Waals surface area contributed by atoms with Crippen molar-refractivity contribution in [2.75, 3.05) is 11.9 Å². The Hall–Kier alpha value is -4.04. The van der Waals surface area contributed by atoms with Gasteiger partial charge in [0.25, 0.3) is 0 Å². The van der Waals surface area contributed by atoms with Crippen LogP contribution in [0.25, 0.3) is 5.82 Å². The molecule has 4 aromatic rings. The van der Waals surface area contributed by atoms with E-state index in [1.165, 1.54) is 0 Å². The first-order valence-electron chi connectivity index (χ1n) is 10.5. The van der Waals surface area contributed by atoms with E-state index in [1.54, 1.807) is 41.9 Å². The first-order chi connectivity index (χ1) is 16.0. The van der Waals surface area contributed by atoms with E-state index in [0.29, 0.717) is 35.6 Å². The van der Waals surface area contributed by atoms with Crippen molar-refractivity contribution < 1.29 is 14.3 Å². The minimum Gasteiger partial charge on any atom is -0.439 e. The van der Waals surface area contributed by atoms with E-state index >= 15 is 0 Å². The number of aryl methyl sites for hydroxylation is 3. The molecule has 4 rings (SSSR count).